The number of ketones is 1. The molecule has 3 aliphatic carbocycles. The van der Waals surface area contributed by atoms with Crippen LogP contribution in [0.4, 0.5) is 4.79 Å². The third-order valence-electron chi connectivity index (χ3n) is 6.26. The van der Waals surface area contributed by atoms with Crippen molar-refractivity contribution in [3.8, 4) is 0 Å². The molecule has 0 saturated heterocycles. The molecule has 0 heterocycles. The lowest BCUT2D eigenvalue weighted by Gasteiger charge is -2.29. The molecule has 30 heavy (non-hydrogen) atoms. The summed E-state index contributed by atoms with van der Waals surface area (Å²) in [7, 11) is 0. The molecule has 0 aromatic rings. The van der Waals surface area contributed by atoms with E-state index >= 15 is 0 Å². The lowest BCUT2D eigenvalue weighted by molar-refractivity contribution is -0.126. The molecule has 3 unspecified atom stereocenters. The zero-order chi connectivity index (χ0) is 21.5. The van der Waals surface area contributed by atoms with E-state index in [1.807, 2.05) is 12.2 Å². The molecule has 0 radical (unpaired) electrons. The molecule has 0 aromatic carbocycles. The molecule has 3 aliphatic rings. The first kappa shape index (κ1) is 22.3. The fourth-order valence-electron chi connectivity index (χ4n) is 4.41. The lowest BCUT2D eigenvalue weighted by Crippen LogP contribution is -2.39. The van der Waals surface area contributed by atoms with Crippen molar-refractivity contribution in [2.45, 2.75) is 83.0 Å². The van der Waals surface area contributed by atoms with Crippen LogP contribution in [0.5, 0.6) is 0 Å². The second-order valence-electron chi connectivity index (χ2n) is 8.70. The highest BCUT2D eigenvalue weighted by Crippen LogP contribution is 2.29. The van der Waals surface area contributed by atoms with Gasteiger partial charge in [0, 0.05) is 23.5 Å². The number of amides is 1. The SMILES string of the molecule is C=C(C)C(=O)NC1CCC(OC(=O)OC2C=CC(C(=O)C3CC=CCC3)CC2)CC1. The van der Waals surface area contributed by atoms with Gasteiger partial charge in [0.25, 0.3) is 0 Å². The van der Waals surface area contributed by atoms with Crippen LogP contribution in [0.15, 0.2) is 36.5 Å². The topological polar surface area (TPSA) is 81.7 Å². The van der Waals surface area contributed by atoms with Crippen molar-refractivity contribution < 1.29 is 23.9 Å². The van der Waals surface area contributed by atoms with Crippen LogP contribution in [0.1, 0.15) is 64.7 Å². The monoisotopic (exact) mass is 415 g/mol. The molecule has 6 nitrogen and oxygen atoms in total. The highest BCUT2D eigenvalue weighted by atomic mass is 16.7. The van der Waals surface area contributed by atoms with E-state index < -0.39 is 6.16 Å². The third kappa shape index (κ3) is 6.31. The Morgan fingerprint density at radius 1 is 0.933 bits per heavy atom. The van der Waals surface area contributed by atoms with Gasteiger partial charge in [0.15, 0.2) is 0 Å². The van der Waals surface area contributed by atoms with Crippen molar-refractivity contribution >= 4 is 17.8 Å². The lowest BCUT2D eigenvalue weighted by atomic mass is 9.80. The Labute approximate surface area is 178 Å². The predicted octanol–water partition coefficient (Wildman–Crippen LogP) is 4.40. The van der Waals surface area contributed by atoms with Crippen molar-refractivity contribution in [3.05, 3.63) is 36.5 Å². The maximum Gasteiger partial charge on any atom is 0.509 e. The second-order valence-corrected chi connectivity index (χ2v) is 8.70. The minimum atomic E-state index is -0.652. The van der Waals surface area contributed by atoms with Crippen LogP contribution in [0.2, 0.25) is 0 Å². The molecule has 0 spiro atoms. The van der Waals surface area contributed by atoms with Crippen LogP contribution in [-0.4, -0.2) is 36.1 Å². The molecule has 164 valence electrons. The molecule has 3 atom stereocenters. The maximum atomic E-state index is 12.6. The first-order valence-electron chi connectivity index (χ1n) is 11.1. The minimum Gasteiger partial charge on any atom is -0.431 e. The number of nitrogens with one attached hydrogen (secondary N) is 1. The Morgan fingerprint density at radius 2 is 1.70 bits per heavy atom. The smallest absolute Gasteiger partial charge is 0.431 e. The molecule has 6 heteroatoms. The first-order chi connectivity index (χ1) is 14.4. The average Bonchev–Trinajstić information content (AvgIpc) is 2.75. The summed E-state index contributed by atoms with van der Waals surface area (Å²) in [5.41, 5.74) is 0.497. The highest BCUT2D eigenvalue weighted by Gasteiger charge is 2.30. The summed E-state index contributed by atoms with van der Waals surface area (Å²) in [4.78, 5) is 36.5. The van der Waals surface area contributed by atoms with Crippen molar-refractivity contribution in [1.29, 1.82) is 0 Å². The summed E-state index contributed by atoms with van der Waals surface area (Å²) < 4.78 is 10.9. The van der Waals surface area contributed by atoms with Gasteiger partial charge in [-0.05, 0) is 70.8 Å². The Hall–Kier alpha value is -2.37. The fourth-order valence-corrected chi connectivity index (χ4v) is 4.41. The number of carbonyl (C=O) groups excluding carboxylic acids is 3. The number of allylic oxidation sites excluding steroid dienone is 3. The summed E-state index contributed by atoms with van der Waals surface area (Å²) in [5.74, 6) is 0.246. The zero-order valence-electron chi connectivity index (χ0n) is 17.8. The zero-order valence-corrected chi connectivity index (χ0v) is 17.8. The van der Waals surface area contributed by atoms with Gasteiger partial charge in [-0.1, -0.05) is 24.8 Å². The minimum absolute atomic E-state index is 0.0675. The molecule has 1 N–H and O–H groups in total. The maximum absolute atomic E-state index is 12.6. The van der Waals surface area contributed by atoms with Crippen LogP contribution >= 0.6 is 0 Å². The summed E-state index contributed by atoms with van der Waals surface area (Å²) in [5, 5.41) is 2.94. The molecule has 0 aromatic heterocycles. The van der Waals surface area contributed by atoms with Crippen LogP contribution in [0.3, 0.4) is 0 Å². The molecule has 0 aliphatic heterocycles. The van der Waals surface area contributed by atoms with E-state index in [-0.39, 0.29) is 36.0 Å². The van der Waals surface area contributed by atoms with Gasteiger partial charge in [0.05, 0.1) is 0 Å². The predicted molar refractivity (Wildman–Crippen MR) is 114 cm³/mol. The van der Waals surface area contributed by atoms with E-state index in [1.165, 1.54) is 0 Å². The summed E-state index contributed by atoms with van der Waals surface area (Å²) in [6.45, 7) is 5.33. The van der Waals surface area contributed by atoms with Gasteiger partial charge in [-0.25, -0.2) is 4.79 Å². The molecule has 3 rings (SSSR count). The van der Waals surface area contributed by atoms with E-state index in [0.717, 1.165) is 32.1 Å². The number of rotatable bonds is 6. The second kappa shape index (κ2) is 10.6. The summed E-state index contributed by atoms with van der Waals surface area (Å²) in [6.07, 6.45) is 13.8. The first-order valence-corrected chi connectivity index (χ1v) is 11.1. The Balaban J connectivity index is 1.37. The van der Waals surface area contributed by atoms with E-state index in [4.69, 9.17) is 9.47 Å². The van der Waals surface area contributed by atoms with Crippen LogP contribution in [0, 0.1) is 11.8 Å². The van der Waals surface area contributed by atoms with Crippen molar-refractivity contribution in [2.75, 3.05) is 0 Å². The van der Waals surface area contributed by atoms with Gasteiger partial charge in [0.1, 0.15) is 18.0 Å². The number of Topliss-reactive ketones (excluding diaryl/α,β-unsaturated/α-hetero) is 1. The van der Waals surface area contributed by atoms with E-state index in [0.29, 0.717) is 37.0 Å². The molecule has 0 bridgehead atoms. The standard InChI is InChI=1S/C24H33NO5/c1-16(2)23(27)25-19-10-14-21(15-11-19)30-24(28)29-20-12-8-18(9-13-20)22(26)17-6-4-3-5-7-17/h3-4,8,12,17-21H,1,5-7,9-11,13-15H2,2H3,(H,25,27). The largest absolute Gasteiger partial charge is 0.509 e. The van der Waals surface area contributed by atoms with Crippen molar-refractivity contribution in [1.82, 2.24) is 5.32 Å². The Kier molecular flexibility index (Phi) is 7.88. The molecule has 1 saturated carbocycles. The van der Waals surface area contributed by atoms with Gasteiger partial charge >= 0.3 is 6.16 Å². The molecule has 1 amide bonds. The van der Waals surface area contributed by atoms with E-state index in [2.05, 4.69) is 24.0 Å². The molecule has 1 fully saturated rings. The van der Waals surface area contributed by atoms with Crippen molar-refractivity contribution in [3.63, 3.8) is 0 Å². The fraction of sp³-hybridized carbons (Fsp3) is 0.625. The number of hydrogen-bond acceptors (Lipinski definition) is 5. The van der Waals surface area contributed by atoms with Crippen molar-refractivity contribution in [2.24, 2.45) is 11.8 Å². The van der Waals surface area contributed by atoms with Crippen LogP contribution in [-0.2, 0) is 19.1 Å². The normalized spacial score (nSPS) is 30.9. The quantitative estimate of drug-likeness (QED) is 0.395. The number of hydrogen-bond donors (Lipinski definition) is 1. The number of ether oxygens (including phenoxy) is 2. The van der Waals surface area contributed by atoms with Gasteiger partial charge in [-0.3, -0.25) is 9.59 Å². The summed E-state index contributed by atoms with van der Waals surface area (Å²) in [6, 6.07) is 0.0977. The molecular weight excluding hydrogens is 382 g/mol. The third-order valence-corrected chi connectivity index (χ3v) is 6.26. The average molecular weight is 416 g/mol. The summed E-state index contributed by atoms with van der Waals surface area (Å²) >= 11 is 0. The van der Waals surface area contributed by atoms with Gasteiger partial charge < -0.3 is 14.8 Å². The van der Waals surface area contributed by atoms with E-state index in [9.17, 15) is 14.4 Å². The van der Waals surface area contributed by atoms with Gasteiger partial charge in [-0.2, -0.15) is 0 Å². The van der Waals surface area contributed by atoms with E-state index in [1.54, 1.807) is 6.92 Å². The number of carbonyl (C=O) groups is 3. The van der Waals surface area contributed by atoms with Gasteiger partial charge in [0.2, 0.25) is 5.91 Å². The highest BCUT2D eigenvalue weighted by molar-refractivity contribution is 5.92. The molecular formula is C24H33NO5. The Morgan fingerprint density at radius 3 is 2.30 bits per heavy atom. The van der Waals surface area contributed by atoms with Crippen LogP contribution < -0.4 is 5.32 Å². The van der Waals surface area contributed by atoms with Crippen LogP contribution in [0.25, 0.3) is 0 Å². The Bertz CT molecular complexity index is 717. The van der Waals surface area contributed by atoms with Gasteiger partial charge in [-0.15, -0.1) is 0 Å².